The largest absolute Gasteiger partial charge is 0.481 e. The molecular weight excluding hydrogens is 500 g/mol. The lowest BCUT2D eigenvalue weighted by Crippen LogP contribution is -2.42. The van der Waals surface area contributed by atoms with Gasteiger partial charge in [-0.05, 0) is 11.1 Å². The van der Waals surface area contributed by atoms with Gasteiger partial charge in [0, 0.05) is 0 Å². The summed E-state index contributed by atoms with van der Waals surface area (Å²) in [6.07, 6.45) is -1.27. The molecule has 0 saturated carbocycles. The summed E-state index contributed by atoms with van der Waals surface area (Å²) in [6, 6.07) is 17.4. The van der Waals surface area contributed by atoms with Gasteiger partial charge in [-0.3, -0.25) is 9.59 Å². The van der Waals surface area contributed by atoms with Gasteiger partial charge >= 0.3 is 24.1 Å². The molecule has 4 rings (SSSR count). The third-order valence-electron chi connectivity index (χ3n) is 5.83. The van der Waals surface area contributed by atoms with Crippen molar-refractivity contribution in [3.63, 3.8) is 0 Å². The van der Waals surface area contributed by atoms with E-state index in [1.165, 1.54) is 0 Å². The number of hydrogen-bond donors (Lipinski definition) is 4. The Morgan fingerprint density at radius 2 is 1.03 bits per heavy atom. The van der Waals surface area contributed by atoms with E-state index in [0.29, 0.717) is 0 Å². The van der Waals surface area contributed by atoms with Crippen molar-refractivity contribution in [3.05, 3.63) is 71.8 Å². The topological polar surface area (TPSA) is 170 Å². The van der Waals surface area contributed by atoms with Gasteiger partial charge in [0.2, 0.25) is 0 Å². The molecule has 2 amide bonds. The van der Waals surface area contributed by atoms with Crippen molar-refractivity contribution < 1.29 is 48.3 Å². The van der Waals surface area contributed by atoms with Crippen molar-refractivity contribution >= 4 is 24.1 Å². The first-order valence-corrected chi connectivity index (χ1v) is 11.9. The number of amides is 2. The van der Waals surface area contributed by atoms with Crippen LogP contribution in [0.1, 0.15) is 11.1 Å². The van der Waals surface area contributed by atoms with E-state index in [1.54, 1.807) is 0 Å². The van der Waals surface area contributed by atoms with Crippen LogP contribution in [0.4, 0.5) is 9.59 Å². The third-order valence-corrected chi connectivity index (χ3v) is 5.83. The predicted molar refractivity (Wildman–Crippen MR) is 131 cm³/mol. The van der Waals surface area contributed by atoms with Gasteiger partial charge in [-0.25, -0.2) is 9.59 Å². The number of aliphatic carboxylic acids is 2. The highest BCUT2D eigenvalue weighted by atomic mass is 16.6. The minimum absolute atomic E-state index is 0.110. The fourth-order valence-electron chi connectivity index (χ4n) is 3.71. The number of carbonyl (C=O) groups is 4. The van der Waals surface area contributed by atoms with Crippen LogP contribution in [0.3, 0.4) is 0 Å². The van der Waals surface area contributed by atoms with Gasteiger partial charge in [0.1, 0.15) is 25.0 Å². The number of hydrogen-bond acceptors (Lipinski definition) is 8. The van der Waals surface area contributed by atoms with Crippen LogP contribution in [0.25, 0.3) is 0 Å². The highest BCUT2D eigenvalue weighted by Gasteiger charge is 2.36. The van der Waals surface area contributed by atoms with Gasteiger partial charge in [0.15, 0.2) is 0 Å². The molecular formula is C26H30N2O10. The Balaban J connectivity index is 0.000000211. The second-order valence-corrected chi connectivity index (χ2v) is 8.59. The molecule has 0 aliphatic carbocycles. The summed E-state index contributed by atoms with van der Waals surface area (Å²) in [4.78, 5) is 44.9. The number of carboxylic acid groups (broad SMARTS) is 2. The van der Waals surface area contributed by atoms with Crippen LogP contribution < -0.4 is 10.6 Å². The Hall–Kier alpha value is -4.16. The first kappa shape index (κ1) is 28.4. The van der Waals surface area contributed by atoms with Crippen molar-refractivity contribution in [2.75, 3.05) is 26.4 Å². The minimum atomic E-state index is -0.981. The van der Waals surface area contributed by atoms with E-state index >= 15 is 0 Å². The van der Waals surface area contributed by atoms with Gasteiger partial charge in [-0.2, -0.15) is 0 Å². The first-order valence-electron chi connectivity index (χ1n) is 11.9. The van der Waals surface area contributed by atoms with Crippen LogP contribution >= 0.6 is 0 Å². The monoisotopic (exact) mass is 530 g/mol. The number of carbonyl (C=O) groups excluding carboxylic acids is 2. The summed E-state index contributed by atoms with van der Waals surface area (Å²) < 4.78 is 20.1. The molecule has 2 fully saturated rings. The number of benzene rings is 2. The summed E-state index contributed by atoms with van der Waals surface area (Å²) >= 11 is 0. The molecule has 12 nitrogen and oxygen atoms in total. The standard InChI is InChI=1S/2C13H15NO5/c2*15-12(16)10-7-18-8-11(10)14-13(17)19-6-9-4-2-1-3-5-9/h2*1-5,10-11H,6-8H2,(H,14,17)(H,15,16)/t2*10-,11+/m10/s1. The Labute approximate surface area is 218 Å². The van der Waals surface area contributed by atoms with Crippen molar-refractivity contribution in [1.29, 1.82) is 0 Å². The molecule has 204 valence electrons. The number of carboxylic acids is 2. The summed E-state index contributed by atoms with van der Waals surface area (Å²) in [7, 11) is 0. The molecule has 4 N–H and O–H groups in total. The SMILES string of the molecule is O=C(N[C@@H]1COC[C@@H]1C(=O)O)OCc1ccccc1.O=C(N[C@H]1COC[C@H]1C(=O)O)OCc1ccccc1. The second-order valence-electron chi connectivity index (χ2n) is 8.59. The molecule has 0 spiro atoms. The highest BCUT2D eigenvalue weighted by Crippen LogP contribution is 2.15. The van der Waals surface area contributed by atoms with E-state index in [1.807, 2.05) is 60.7 Å². The molecule has 0 unspecified atom stereocenters. The van der Waals surface area contributed by atoms with Crippen LogP contribution in [0.2, 0.25) is 0 Å². The van der Waals surface area contributed by atoms with E-state index in [2.05, 4.69) is 10.6 Å². The Morgan fingerprint density at radius 1 is 0.658 bits per heavy atom. The molecule has 2 heterocycles. The van der Waals surface area contributed by atoms with Gasteiger partial charge in [0.05, 0.1) is 38.5 Å². The maximum atomic E-state index is 11.6. The fraction of sp³-hybridized carbons (Fsp3) is 0.385. The lowest BCUT2D eigenvalue weighted by molar-refractivity contribution is -0.143. The maximum absolute atomic E-state index is 11.6. The first-order chi connectivity index (χ1) is 18.3. The summed E-state index contributed by atoms with van der Waals surface area (Å²) in [6.45, 7) is 0.905. The van der Waals surface area contributed by atoms with Crippen LogP contribution in [0, 0.1) is 11.8 Å². The van der Waals surface area contributed by atoms with E-state index in [9.17, 15) is 19.2 Å². The van der Waals surface area contributed by atoms with Crippen LogP contribution in [0.15, 0.2) is 60.7 Å². The molecule has 2 aliphatic rings. The van der Waals surface area contributed by atoms with Gasteiger partial charge in [0.25, 0.3) is 0 Å². The average molecular weight is 531 g/mol. The molecule has 2 saturated heterocycles. The van der Waals surface area contributed by atoms with Crippen LogP contribution in [0.5, 0.6) is 0 Å². The maximum Gasteiger partial charge on any atom is 0.407 e. The second kappa shape index (κ2) is 14.5. The zero-order valence-electron chi connectivity index (χ0n) is 20.5. The lowest BCUT2D eigenvalue weighted by Gasteiger charge is -2.15. The van der Waals surface area contributed by atoms with Crippen molar-refractivity contribution in [1.82, 2.24) is 10.6 Å². The van der Waals surface area contributed by atoms with E-state index in [-0.39, 0.29) is 39.6 Å². The minimum Gasteiger partial charge on any atom is -0.481 e. The van der Waals surface area contributed by atoms with E-state index in [0.717, 1.165) is 11.1 Å². The Morgan fingerprint density at radius 3 is 1.37 bits per heavy atom. The van der Waals surface area contributed by atoms with Gasteiger partial charge in [-0.15, -0.1) is 0 Å². The van der Waals surface area contributed by atoms with Crippen molar-refractivity contribution in [3.8, 4) is 0 Å². The predicted octanol–water partition coefficient (Wildman–Crippen LogP) is 2.02. The van der Waals surface area contributed by atoms with E-state index < -0.39 is 48.0 Å². The smallest absolute Gasteiger partial charge is 0.407 e. The Kier molecular flexibility index (Phi) is 10.9. The van der Waals surface area contributed by atoms with Gasteiger partial charge < -0.3 is 39.8 Å². The lowest BCUT2D eigenvalue weighted by atomic mass is 10.1. The zero-order chi connectivity index (χ0) is 27.3. The molecule has 0 bridgehead atoms. The van der Waals surface area contributed by atoms with Gasteiger partial charge in [-0.1, -0.05) is 60.7 Å². The third kappa shape index (κ3) is 9.05. The van der Waals surface area contributed by atoms with Crippen molar-refractivity contribution in [2.45, 2.75) is 25.3 Å². The van der Waals surface area contributed by atoms with Crippen LogP contribution in [-0.2, 0) is 41.8 Å². The molecule has 0 radical (unpaired) electrons. The number of nitrogens with one attached hydrogen (secondary N) is 2. The Bertz CT molecular complexity index is 981. The number of ether oxygens (including phenoxy) is 4. The molecule has 38 heavy (non-hydrogen) atoms. The number of alkyl carbamates (subject to hydrolysis) is 2. The summed E-state index contributed by atoms with van der Waals surface area (Å²) in [5.74, 6) is -3.40. The highest BCUT2D eigenvalue weighted by molar-refractivity contribution is 5.74. The molecule has 2 aromatic rings. The zero-order valence-corrected chi connectivity index (χ0v) is 20.5. The van der Waals surface area contributed by atoms with E-state index in [4.69, 9.17) is 29.2 Å². The molecule has 2 aliphatic heterocycles. The summed E-state index contributed by atoms with van der Waals surface area (Å²) in [5, 5.41) is 22.9. The average Bonchev–Trinajstić information content (AvgIpc) is 3.58. The van der Waals surface area contributed by atoms with Crippen LogP contribution in [-0.4, -0.2) is 72.8 Å². The molecule has 2 aromatic carbocycles. The normalized spacial score (nSPS) is 21.9. The quantitative estimate of drug-likeness (QED) is 0.396. The molecule has 12 heteroatoms. The summed E-state index contributed by atoms with van der Waals surface area (Å²) in [5.41, 5.74) is 1.74. The molecule has 4 atom stereocenters. The fourth-order valence-corrected chi connectivity index (χ4v) is 3.71. The number of rotatable bonds is 8. The van der Waals surface area contributed by atoms with Crippen molar-refractivity contribution in [2.24, 2.45) is 11.8 Å². The molecule has 0 aromatic heterocycles.